The fraction of sp³-hybridized carbons (Fsp3) is 0.167. The molecule has 0 spiro atoms. The molecule has 2 aromatic rings. The summed E-state index contributed by atoms with van der Waals surface area (Å²) in [6.07, 6.45) is -1.34. The van der Waals surface area contributed by atoms with Crippen LogP contribution in [0, 0.1) is 0 Å². The molecule has 1 aromatic carbocycles. The second-order valence-electron chi connectivity index (χ2n) is 3.65. The number of hydrogen-bond acceptors (Lipinski definition) is 4. The molecule has 19 heavy (non-hydrogen) atoms. The van der Waals surface area contributed by atoms with Gasteiger partial charge >= 0.3 is 6.18 Å². The van der Waals surface area contributed by atoms with E-state index in [0.29, 0.717) is 10.1 Å². The van der Waals surface area contributed by atoms with Crippen LogP contribution in [0.3, 0.4) is 0 Å². The zero-order chi connectivity index (χ0) is 13.9. The van der Waals surface area contributed by atoms with E-state index in [0.717, 1.165) is 17.8 Å². The third-order valence-corrected chi connectivity index (χ3v) is 3.24. The predicted molar refractivity (Wildman–Crippen MR) is 65.5 cm³/mol. The van der Waals surface area contributed by atoms with Crippen LogP contribution < -0.4 is 5.73 Å². The molecule has 1 aromatic heterocycles. The van der Waals surface area contributed by atoms with Gasteiger partial charge in [-0.2, -0.15) is 13.2 Å². The lowest BCUT2D eigenvalue weighted by Crippen LogP contribution is -2.11. The number of aromatic nitrogens is 2. The minimum atomic E-state index is -4.41. The molecule has 0 saturated carbocycles. The maximum absolute atomic E-state index is 12.9. The Bertz CT molecular complexity index is 558. The lowest BCUT2D eigenvalue weighted by Gasteiger charge is -2.12. The second kappa shape index (κ2) is 5.58. The van der Waals surface area contributed by atoms with Crippen molar-refractivity contribution in [1.29, 1.82) is 0 Å². The molecule has 100 valence electrons. The quantitative estimate of drug-likeness (QED) is 0.880. The zero-order valence-electron chi connectivity index (χ0n) is 9.69. The van der Waals surface area contributed by atoms with E-state index >= 15 is 0 Å². The zero-order valence-corrected chi connectivity index (χ0v) is 10.5. The highest BCUT2D eigenvalue weighted by atomic mass is 32.2. The van der Waals surface area contributed by atoms with E-state index in [4.69, 9.17) is 5.73 Å². The average Bonchev–Trinajstić information content (AvgIpc) is 2.39. The van der Waals surface area contributed by atoms with E-state index < -0.39 is 11.7 Å². The molecule has 2 N–H and O–H groups in total. The van der Waals surface area contributed by atoms with Crippen LogP contribution in [0.4, 0.5) is 13.2 Å². The second-order valence-corrected chi connectivity index (χ2v) is 4.69. The molecular weight excluding hydrogens is 275 g/mol. The first kappa shape index (κ1) is 13.8. The van der Waals surface area contributed by atoms with E-state index in [1.165, 1.54) is 18.5 Å². The summed E-state index contributed by atoms with van der Waals surface area (Å²) in [4.78, 5) is 8.34. The molecular formula is C12H10F3N3S. The molecule has 0 radical (unpaired) electrons. The molecule has 0 aliphatic heterocycles. The number of nitrogens with zero attached hydrogens (tertiary/aromatic N) is 2. The fourth-order valence-electron chi connectivity index (χ4n) is 1.50. The minimum Gasteiger partial charge on any atom is -0.326 e. The molecule has 0 aliphatic rings. The Hall–Kier alpha value is -1.60. The van der Waals surface area contributed by atoms with Crippen molar-refractivity contribution in [3.8, 4) is 0 Å². The van der Waals surface area contributed by atoms with Gasteiger partial charge in [-0.15, -0.1) is 0 Å². The molecule has 3 nitrogen and oxygen atoms in total. The molecule has 1 heterocycles. The highest BCUT2D eigenvalue weighted by Crippen LogP contribution is 2.35. The standard InChI is InChI=1S/C12H10F3N3S/c13-12(14,15)10-6-9(3-2-8(10)7-16)19-11-17-4-1-5-18-11/h1-6H,7,16H2. The van der Waals surface area contributed by atoms with Crippen molar-refractivity contribution in [3.63, 3.8) is 0 Å². The van der Waals surface area contributed by atoms with Crippen molar-refractivity contribution < 1.29 is 13.2 Å². The van der Waals surface area contributed by atoms with Gasteiger partial charge in [-0.05, 0) is 35.5 Å². The summed E-state index contributed by atoms with van der Waals surface area (Å²) in [6, 6.07) is 5.68. The highest BCUT2D eigenvalue weighted by Gasteiger charge is 2.33. The Balaban J connectivity index is 2.33. The van der Waals surface area contributed by atoms with Gasteiger partial charge in [-0.1, -0.05) is 6.07 Å². The molecule has 0 bridgehead atoms. The molecule has 0 atom stereocenters. The third kappa shape index (κ3) is 3.45. The van der Waals surface area contributed by atoms with Gasteiger partial charge in [-0.3, -0.25) is 0 Å². The molecule has 2 rings (SSSR count). The van der Waals surface area contributed by atoms with Crippen LogP contribution in [0.2, 0.25) is 0 Å². The van der Waals surface area contributed by atoms with Crippen LogP contribution in [0.5, 0.6) is 0 Å². The lowest BCUT2D eigenvalue weighted by molar-refractivity contribution is -0.138. The first-order chi connectivity index (χ1) is 9.00. The molecule has 0 amide bonds. The van der Waals surface area contributed by atoms with Crippen molar-refractivity contribution in [2.75, 3.05) is 0 Å². The van der Waals surface area contributed by atoms with Crippen LogP contribution in [0.15, 0.2) is 46.7 Å². The van der Waals surface area contributed by atoms with Crippen molar-refractivity contribution >= 4 is 11.8 Å². The van der Waals surface area contributed by atoms with Gasteiger partial charge in [0.1, 0.15) is 0 Å². The summed E-state index contributed by atoms with van der Waals surface area (Å²) in [6.45, 7) is -0.151. The third-order valence-electron chi connectivity index (χ3n) is 2.36. The van der Waals surface area contributed by atoms with Crippen molar-refractivity contribution in [3.05, 3.63) is 47.8 Å². The lowest BCUT2D eigenvalue weighted by atomic mass is 10.1. The summed E-state index contributed by atoms with van der Waals surface area (Å²) < 4.78 is 38.6. The van der Waals surface area contributed by atoms with E-state index in [9.17, 15) is 13.2 Å². The van der Waals surface area contributed by atoms with Crippen LogP contribution in [-0.2, 0) is 12.7 Å². The summed E-state index contributed by atoms with van der Waals surface area (Å²) in [5.41, 5.74) is 4.68. The Morgan fingerprint density at radius 3 is 2.42 bits per heavy atom. The normalized spacial score (nSPS) is 11.6. The SMILES string of the molecule is NCc1ccc(Sc2ncccn2)cc1C(F)(F)F. The van der Waals surface area contributed by atoms with Gasteiger partial charge < -0.3 is 5.73 Å². The first-order valence-corrected chi connectivity index (χ1v) is 6.17. The first-order valence-electron chi connectivity index (χ1n) is 5.36. The van der Waals surface area contributed by atoms with E-state index in [-0.39, 0.29) is 12.1 Å². The molecule has 7 heteroatoms. The Kier molecular flexibility index (Phi) is 4.06. The molecule has 0 unspecified atom stereocenters. The number of halogens is 3. The number of nitrogens with two attached hydrogens (primary N) is 1. The number of benzene rings is 1. The predicted octanol–water partition coefficient (Wildman–Crippen LogP) is 3.11. The smallest absolute Gasteiger partial charge is 0.326 e. The summed E-state index contributed by atoms with van der Waals surface area (Å²) >= 11 is 1.07. The van der Waals surface area contributed by atoms with Gasteiger partial charge in [0.05, 0.1) is 5.56 Å². The highest BCUT2D eigenvalue weighted by molar-refractivity contribution is 7.99. The van der Waals surface area contributed by atoms with Crippen molar-refractivity contribution in [2.24, 2.45) is 5.73 Å². The monoisotopic (exact) mass is 285 g/mol. The van der Waals surface area contributed by atoms with Gasteiger partial charge in [0.25, 0.3) is 0 Å². The summed E-state index contributed by atoms with van der Waals surface area (Å²) in [7, 11) is 0. The maximum Gasteiger partial charge on any atom is 0.416 e. The summed E-state index contributed by atoms with van der Waals surface area (Å²) in [5.74, 6) is 0. The van der Waals surface area contributed by atoms with Crippen molar-refractivity contribution in [1.82, 2.24) is 9.97 Å². The van der Waals surface area contributed by atoms with E-state index in [2.05, 4.69) is 9.97 Å². The summed E-state index contributed by atoms with van der Waals surface area (Å²) in [5, 5.41) is 0.399. The molecule has 0 aliphatic carbocycles. The van der Waals surface area contributed by atoms with Crippen LogP contribution in [-0.4, -0.2) is 9.97 Å². The number of rotatable bonds is 3. The maximum atomic E-state index is 12.9. The largest absolute Gasteiger partial charge is 0.416 e. The van der Waals surface area contributed by atoms with Gasteiger partial charge in [0.15, 0.2) is 5.16 Å². The van der Waals surface area contributed by atoms with Gasteiger partial charge in [0, 0.05) is 23.8 Å². The topological polar surface area (TPSA) is 51.8 Å². The average molecular weight is 285 g/mol. The van der Waals surface area contributed by atoms with Crippen molar-refractivity contribution in [2.45, 2.75) is 22.8 Å². The molecule has 0 fully saturated rings. The fourth-order valence-corrected chi connectivity index (χ4v) is 2.26. The minimum absolute atomic E-state index is 0.0748. The van der Waals surface area contributed by atoms with Crippen LogP contribution in [0.25, 0.3) is 0 Å². The number of alkyl halides is 3. The molecule has 0 saturated heterocycles. The Morgan fingerprint density at radius 1 is 1.16 bits per heavy atom. The Morgan fingerprint density at radius 2 is 1.84 bits per heavy atom. The van der Waals surface area contributed by atoms with Crippen LogP contribution >= 0.6 is 11.8 Å². The van der Waals surface area contributed by atoms with Crippen LogP contribution in [0.1, 0.15) is 11.1 Å². The van der Waals surface area contributed by atoms with Gasteiger partial charge in [0.2, 0.25) is 0 Å². The van der Waals surface area contributed by atoms with Gasteiger partial charge in [-0.25, -0.2) is 9.97 Å². The van der Waals surface area contributed by atoms with E-state index in [1.807, 2.05) is 0 Å². The van der Waals surface area contributed by atoms with E-state index in [1.54, 1.807) is 12.1 Å². The Labute approximate surface area is 112 Å². The number of hydrogen-bond donors (Lipinski definition) is 1.